The second kappa shape index (κ2) is 5.30. The summed E-state index contributed by atoms with van der Waals surface area (Å²) in [4.78, 5) is 22.1. The van der Waals surface area contributed by atoms with Gasteiger partial charge in [-0.3, -0.25) is 0 Å². The van der Waals surface area contributed by atoms with E-state index < -0.39 is 11.6 Å². The molecular weight excluding hydrogens is 206 g/mol. The lowest BCUT2D eigenvalue weighted by Gasteiger charge is -2.23. The Morgan fingerprint density at radius 1 is 1.44 bits per heavy atom. The maximum Gasteiger partial charge on any atom is 0.407 e. The Kier molecular flexibility index (Phi) is 4.05. The van der Waals surface area contributed by atoms with Gasteiger partial charge in [-0.25, -0.2) is 4.79 Å². The molecule has 1 atom stereocenters. The minimum absolute atomic E-state index is 0.437. The van der Waals surface area contributed by atoms with E-state index in [1.54, 1.807) is 6.92 Å². The van der Waals surface area contributed by atoms with Crippen molar-refractivity contribution in [1.82, 2.24) is 5.32 Å². The zero-order valence-electron chi connectivity index (χ0n) is 9.40. The maximum atomic E-state index is 11.1. The molecule has 0 saturated carbocycles. The molecule has 86 valence electrons. The van der Waals surface area contributed by atoms with Gasteiger partial charge in [0.2, 0.25) is 0 Å². The molecule has 1 rings (SSSR count). The van der Waals surface area contributed by atoms with Crippen LogP contribution in [0.25, 0.3) is 0 Å². The van der Waals surface area contributed by atoms with E-state index in [1.807, 2.05) is 30.3 Å². The summed E-state index contributed by atoms with van der Waals surface area (Å²) in [5.74, 6) is 0. The molecule has 4 nitrogen and oxygen atoms in total. The summed E-state index contributed by atoms with van der Waals surface area (Å²) in [6.07, 6.45) is 0.550. The fourth-order valence-corrected chi connectivity index (χ4v) is 1.42. The summed E-state index contributed by atoms with van der Waals surface area (Å²) in [7, 11) is 1.27. The molecule has 0 aliphatic rings. The predicted octanol–water partition coefficient (Wildman–Crippen LogP) is 1.54. The van der Waals surface area contributed by atoms with Crippen LogP contribution in [0, 0.1) is 0 Å². The first-order valence-corrected chi connectivity index (χ1v) is 4.96. The van der Waals surface area contributed by atoms with Crippen LogP contribution in [0.2, 0.25) is 0 Å². The molecule has 0 radical (unpaired) electrons. The number of methoxy groups -OCH3 is 1. The summed E-state index contributed by atoms with van der Waals surface area (Å²) in [5.41, 5.74) is 0.0440. The number of aldehydes is 1. The number of carbonyl (C=O) groups excluding carboxylic acids is 2. The lowest BCUT2D eigenvalue weighted by molar-refractivity contribution is -0.112. The van der Waals surface area contributed by atoms with Gasteiger partial charge in [0.15, 0.2) is 0 Å². The zero-order chi connectivity index (χ0) is 12.0. The molecule has 4 heteroatoms. The normalized spacial score (nSPS) is 13.6. The van der Waals surface area contributed by atoms with Gasteiger partial charge in [0, 0.05) is 6.42 Å². The zero-order valence-corrected chi connectivity index (χ0v) is 9.40. The number of hydrogen-bond donors (Lipinski definition) is 1. The quantitative estimate of drug-likeness (QED) is 0.785. The third kappa shape index (κ3) is 3.38. The lowest BCUT2D eigenvalue weighted by Crippen LogP contribution is -2.49. The van der Waals surface area contributed by atoms with Crippen molar-refractivity contribution in [2.24, 2.45) is 0 Å². The van der Waals surface area contributed by atoms with Crippen molar-refractivity contribution in [2.75, 3.05) is 7.11 Å². The van der Waals surface area contributed by atoms with Crippen molar-refractivity contribution in [3.05, 3.63) is 35.9 Å². The molecule has 1 N–H and O–H groups in total. The third-order valence-corrected chi connectivity index (χ3v) is 2.25. The monoisotopic (exact) mass is 221 g/mol. The summed E-state index contributed by atoms with van der Waals surface area (Å²) >= 11 is 0. The van der Waals surface area contributed by atoms with E-state index in [4.69, 9.17) is 0 Å². The van der Waals surface area contributed by atoms with Crippen molar-refractivity contribution in [2.45, 2.75) is 18.9 Å². The van der Waals surface area contributed by atoms with Gasteiger partial charge in [-0.2, -0.15) is 0 Å². The Hall–Kier alpha value is -1.84. The van der Waals surface area contributed by atoms with Gasteiger partial charge in [0.25, 0.3) is 0 Å². The number of nitrogens with one attached hydrogen (secondary N) is 1. The SMILES string of the molecule is COC(=O)N[C@@](C)(C=O)Cc1ccccc1. The number of alkyl carbamates (subject to hydrolysis) is 1. The summed E-state index contributed by atoms with van der Waals surface area (Å²) in [5, 5.41) is 2.51. The van der Waals surface area contributed by atoms with Crippen LogP contribution in [0.3, 0.4) is 0 Å². The number of hydrogen-bond acceptors (Lipinski definition) is 3. The molecule has 1 aromatic rings. The van der Waals surface area contributed by atoms with Crippen LogP contribution in [0.15, 0.2) is 30.3 Å². The fraction of sp³-hybridized carbons (Fsp3) is 0.333. The van der Waals surface area contributed by atoms with Crippen molar-refractivity contribution in [1.29, 1.82) is 0 Å². The van der Waals surface area contributed by atoms with Gasteiger partial charge in [0.1, 0.15) is 6.29 Å². The smallest absolute Gasteiger partial charge is 0.407 e. The summed E-state index contributed by atoms with van der Waals surface area (Å²) in [6.45, 7) is 1.66. The van der Waals surface area contributed by atoms with E-state index in [0.29, 0.717) is 6.42 Å². The van der Waals surface area contributed by atoms with E-state index in [2.05, 4.69) is 10.1 Å². The Labute approximate surface area is 94.6 Å². The molecule has 16 heavy (non-hydrogen) atoms. The van der Waals surface area contributed by atoms with Gasteiger partial charge in [-0.1, -0.05) is 30.3 Å². The molecule has 0 aromatic heterocycles. The molecule has 0 aliphatic heterocycles. The van der Waals surface area contributed by atoms with Gasteiger partial charge >= 0.3 is 6.09 Å². The van der Waals surface area contributed by atoms with Crippen LogP contribution in [0.1, 0.15) is 12.5 Å². The second-order valence-corrected chi connectivity index (χ2v) is 3.81. The van der Waals surface area contributed by atoms with Gasteiger partial charge < -0.3 is 14.8 Å². The molecule has 0 bridgehead atoms. The van der Waals surface area contributed by atoms with Crippen molar-refractivity contribution in [3.63, 3.8) is 0 Å². The summed E-state index contributed by atoms with van der Waals surface area (Å²) in [6, 6.07) is 9.48. The fourth-order valence-electron chi connectivity index (χ4n) is 1.42. The number of amides is 1. The number of ether oxygens (including phenoxy) is 1. The van der Waals surface area contributed by atoms with Gasteiger partial charge in [-0.15, -0.1) is 0 Å². The third-order valence-electron chi connectivity index (χ3n) is 2.25. The average molecular weight is 221 g/mol. The van der Waals surface area contributed by atoms with Crippen LogP contribution in [-0.4, -0.2) is 25.0 Å². The maximum absolute atomic E-state index is 11.1. The van der Waals surface area contributed by atoms with Crippen LogP contribution in [-0.2, 0) is 16.0 Å². The number of rotatable bonds is 4. The standard InChI is InChI=1S/C12H15NO3/c1-12(9-14,13-11(15)16-2)8-10-6-4-3-5-7-10/h3-7,9H,8H2,1-2H3,(H,13,15)/t12-/m1/s1. The van der Waals surface area contributed by atoms with Gasteiger partial charge in [-0.05, 0) is 12.5 Å². The Morgan fingerprint density at radius 2 is 2.06 bits per heavy atom. The molecule has 1 aromatic carbocycles. The Morgan fingerprint density at radius 3 is 2.56 bits per heavy atom. The minimum atomic E-state index is -0.936. The van der Waals surface area contributed by atoms with Crippen LogP contribution in [0.4, 0.5) is 4.79 Å². The van der Waals surface area contributed by atoms with Gasteiger partial charge in [0.05, 0.1) is 12.6 Å². The molecule has 0 heterocycles. The van der Waals surface area contributed by atoms with Crippen molar-refractivity contribution < 1.29 is 14.3 Å². The minimum Gasteiger partial charge on any atom is -0.453 e. The first-order chi connectivity index (χ1) is 7.59. The van der Waals surface area contributed by atoms with E-state index in [-0.39, 0.29) is 0 Å². The molecule has 0 aliphatic carbocycles. The topological polar surface area (TPSA) is 55.4 Å². The largest absolute Gasteiger partial charge is 0.453 e. The molecule has 0 saturated heterocycles. The van der Waals surface area contributed by atoms with E-state index >= 15 is 0 Å². The highest BCUT2D eigenvalue weighted by atomic mass is 16.5. The highest BCUT2D eigenvalue weighted by Crippen LogP contribution is 2.11. The number of benzene rings is 1. The van der Waals surface area contributed by atoms with E-state index in [0.717, 1.165) is 11.8 Å². The lowest BCUT2D eigenvalue weighted by atomic mass is 9.94. The molecule has 1 amide bonds. The highest BCUT2D eigenvalue weighted by molar-refractivity contribution is 5.76. The van der Waals surface area contributed by atoms with Crippen LogP contribution >= 0.6 is 0 Å². The second-order valence-electron chi connectivity index (χ2n) is 3.81. The molecule has 0 unspecified atom stereocenters. The molecule has 0 fully saturated rings. The molecule has 0 spiro atoms. The Balaban J connectivity index is 2.74. The van der Waals surface area contributed by atoms with Crippen molar-refractivity contribution >= 4 is 12.4 Å². The predicted molar refractivity (Wildman–Crippen MR) is 60.2 cm³/mol. The van der Waals surface area contributed by atoms with E-state index in [9.17, 15) is 9.59 Å². The number of carbonyl (C=O) groups is 2. The van der Waals surface area contributed by atoms with Crippen molar-refractivity contribution in [3.8, 4) is 0 Å². The summed E-state index contributed by atoms with van der Waals surface area (Å²) < 4.78 is 4.48. The van der Waals surface area contributed by atoms with Crippen LogP contribution in [0.5, 0.6) is 0 Å². The molecular formula is C12H15NO3. The van der Waals surface area contributed by atoms with E-state index in [1.165, 1.54) is 7.11 Å². The first kappa shape index (κ1) is 12.2. The van der Waals surface area contributed by atoms with Crippen LogP contribution < -0.4 is 5.32 Å². The first-order valence-electron chi connectivity index (χ1n) is 4.96. The highest BCUT2D eigenvalue weighted by Gasteiger charge is 2.26. The average Bonchev–Trinajstić information content (AvgIpc) is 2.30. The Bertz CT molecular complexity index is 364.